The van der Waals surface area contributed by atoms with Crippen LogP contribution >= 0.6 is 11.8 Å². The summed E-state index contributed by atoms with van der Waals surface area (Å²) in [6.45, 7) is 5.47. The van der Waals surface area contributed by atoms with Gasteiger partial charge in [-0.1, -0.05) is 103 Å². The molecule has 3 aromatic carbocycles. The van der Waals surface area contributed by atoms with Crippen LogP contribution in [0, 0.1) is 0 Å². The molecule has 0 fully saturated rings. The molecular formula is C35H33N3O5S. The molecule has 1 aliphatic rings. The minimum Gasteiger partial charge on any atom is -0.493 e. The van der Waals surface area contributed by atoms with E-state index in [9.17, 15) is 14.4 Å². The fourth-order valence-corrected chi connectivity index (χ4v) is 5.31. The maximum absolute atomic E-state index is 13.9. The van der Waals surface area contributed by atoms with Gasteiger partial charge in [0.1, 0.15) is 5.57 Å². The normalized spacial score (nSPS) is 14.6. The molecule has 44 heavy (non-hydrogen) atoms. The van der Waals surface area contributed by atoms with Gasteiger partial charge in [0.2, 0.25) is 5.91 Å². The number of nitrogens with one attached hydrogen (secondary N) is 1. The quantitative estimate of drug-likeness (QED) is 0.161. The molecule has 0 spiro atoms. The third-order valence-electron chi connectivity index (χ3n) is 6.63. The summed E-state index contributed by atoms with van der Waals surface area (Å²) in [7, 11) is 3.03. The van der Waals surface area contributed by atoms with Crippen molar-refractivity contribution in [2.75, 3.05) is 20.0 Å². The van der Waals surface area contributed by atoms with Gasteiger partial charge in [-0.15, -0.1) is 0 Å². The largest absolute Gasteiger partial charge is 0.493 e. The first kappa shape index (κ1) is 31.8. The van der Waals surface area contributed by atoms with Crippen LogP contribution in [0.1, 0.15) is 29.7 Å². The molecule has 0 saturated heterocycles. The third-order valence-corrected chi connectivity index (χ3v) is 7.57. The number of ether oxygens (including phenoxy) is 2. The van der Waals surface area contributed by atoms with Crippen LogP contribution in [0.25, 0.3) is 6.08 Å². The van der Waals surface area contributed by atoms with Gasteiger partial charge < -0.3 is 14.8 Å². The summed E-state index contributed by atoms with van der Waals surface area (Å²) in [6, 6.07) is 24.0. The summed E-state index contributed by atoms with van der Waals surface area (Å²) in [5, 5.41) is 3.18. The zero-order valence-corrected chi connectivity index (χ0v) is 25.5. The Hall–Kier alpha value is -5.15. The van der Waals surface area contributed by atoms with Gasteiger partial charge in [0.25, 0.3) is 11.8 Å². The first-order chi connectivity index (χ1) is 21.4. The van der Waals surface area contributed by atoms with Crippen molar-refractivity contribution in [1.29, 1.82) is 0 Å². The molecule has 1 heterocycles. The summed E-state index contributed by atoms with van der Waals surface area (Å²) < 4.78 is 10.7. The third kappa shape index (κ3) is 7.62. The molecule has 0 aromatic heterocycles. The van der Waals surface area contributed by atoms with Gasteiger partial charge in [0.05, 0.1) is 26.0 Å². The molecule has 3 aromatic rings. The molecule has 0 aliphatic carbocycles. The Morgan fingerprint density at radius 1 is 0.977 bits per heavy atom. The van der Waals surface area contributed by atoms with E-state index in [1.807, 2.05) is 60.7 Å². The van der Waals surface area contributed by atoms with Crippen molar-refractivity contribution >= 4 is 40.7 Å². The van der Waals surface area contributed by atoms with Crippen molar-refractivity contribution in [2.24, 2.45) is 4.99 Å². The standard InChI is InChI=1S/C35H33N3O5S/c1-5-7-18-27(6-2)38-34(41)28(21-24-19-20-29(42-3)30(22-24)43-4)33(40)37-35(38)44-23-31(39)36-32(25-14-10-8-11-15-25)26-16-12-9-13-17-26/h5-22,32H,1,23H2,2-4H3,(H,36,39)/b18-7-,27-6+,28-21+. The highest BCUT2D eigenvalue weighted by Crippen LogP contribution is 2.31. The number of carbonyl (C=O) groups is 3. The summed E-state index contributed by atoms with van der Waals surface area (Å²) in [6.07, 6.45) is 8.13. The second-order valence-corrected chi connectivity index (χ2v) is 10.4. The summed E-state index contributed by atoms with van der Waals surface area (Å²) >= 11 is 1.01. The van der Waals surface area contributed by atoms with E-state index in [1.54, 1.807) is 49.4 Å². The van der Waals surface area contributed by atoms with Crippen LogP contribution in [0.5, 0.6) is 11.5 Å². The highest BCUT2D eigenvalue weighted by Gasteiger charge is 2.35. The minimum atomic E-state index is -0.710. The maximum atomic E-state index is 13.9. The minimum absolute atomic E-state index is 0.0804. The van der Waals surface area contributed by atoms with E-state index in [4.69, 9.17) is 9.47 Å². The molecule has 9 heteroatoms. The number of thioether (sulfide) groups is 1. The van der Waals surface area contributed by atoms with E-state index in [0.29, 0.717) is 22.8 Å². The van der Waals surface area contributed by atoms with Crippen LogP contribution < -0.4 is 14.8 Å². The van der Waals surface area contributed by atoms with Gasteiger partial charge in [0.15, 0.2) is 16.7 Å². The first-order valence-corrected chi connectivity index (χ1v) is 14.8. The molecule has 0 bridgehead atoms. The van der Waals surface area contributed by atoms with Gasteiger partial charge in [-0.05, 0) is 47.9 Å². The van der Waals surface area contributed by atoms with Crippen LogP contribution in [0.4, 0.5) is 0 Å². The van der Waals surface area contributed by atoms with Crippen molar-refractivity contribution in [1.82, 2.24) is 10.2 Å². The summed E-state index contributed by atoms with van der Waals surface area (Å²) in [5.41, 5.74) is 2.75. The molecule has 3 amide bonds. The lowest BCUT2D eigenvalue weighted by Gasteiger charge is -2.28. The summed E-state index contributed by atoms with van der Waals surface area (Å²) in [5.74, 6) is -0.684. The van der Waals surface area contributed by atoms with Crippen LogP contribution in [-0.4, -0.2) is 47.8 Å². The Labute approximate surface area is 261 Å². The van der Waals surface area contributed by atoms with Crippen LogP contribution in [-0.2, 0) is 14.4 Å². The van der Waals surface area contributed by atoms with E-state index in [2.05, 4.69) is 16.9 Å². The van der Waals surface area contributed by atoms with Crippen molar-refractivity contribution in [3.05, 3.63) is 138 Å². The number of benzene rings is 3. The number of hydrogen-bond donors (Lipinski definition) is 1. The monoisotopic (exact) mass is 607 g/mol. The molecular weight excluding hydrogens is 574 g/mol. The zero-order chi connectivity index (χ0) is 31.5. The molecule has 1 N–H and O–H groups in total. The van der Waals surface area contributed by atoms with Gasteiger partial charge in [-0.2, -0.15) is 4.99 Å². The van der Waals surface area contributed by atoms with Crippen molar-refractivity contribution in [2.45, 2.75) is 13.0 Å². The molecule has 1 aliphatic heterocycles. The predicted molar refractivity (Wildman–Crippen MR) is 175 cm³/mol. The number of hydrogen-bond acceptors (Lipinski definition) is 6. The van der Waals surface area contributed by atoms with E-state index < -0.39 is 11.8 Å². The Balaban J connectivity index is 1.63. The number of amides is 3. The Kier molecular flexibility index (Phi) is 11.1. The molecule has 224 valence electrons. The second-order valence-electron chi connectivity index (χ2n) is 9.43. The molecule has 0 saturated carbocycles. The Morgan fingerprint density at radius 2 is 1.61 bits per heavy atom. The topological polar surface area (TPSA) is 97.3 Å². The number of nitrogens with zero attached hydrogens (tertiary/aromatic N) is 2. The Morgan fingerprint density at radius 3 is 2.18 bits per heavy atom. The first-order valence-electron chi connectivity index (χ1n) is 13.8. The molecule has 4 rings (SSSR count). The van der Waals surface area contributed by atoms with E-state index in [1.165, 1.54) is 25.2 Å². The predicted octanol–water partition coefficient (Wildman–Crippen LogP) is 6.10. The maximum Gasteiger partial charge on any atom is 0.285 e. The highest BCUT2D eigenvalue weighted by molar-refractivity contribution is 8.14. The summed E-state index contributed by atoms with van der Waals surface area (Å²) in [4.78, 5) is 46.0. The number of methoxy groups -OCH3 is 2. The van der Waals surface area contributed by atoms with Crippen molar-refractivity contribution < 1.29 is 23.9 Å². The number of aliphatic imine (C=N–C) groups is 1. The Bertz CT molecular complexity index is 1610. The van der Waals surface area contributed by atoms with Crippen molar-refractivity contribution in [3.8, 4) is 11.5 Å². The SMILES string of the molecule is C=C/C=C\C(=C/C)N1C(=O)/C(=C/c2ccc(OC)c(OC)c2)C(=O)N=C1SCC(=O)NC(c1ccccc1)c1ccccc1. The van der Waals surface area contributed by atoms with E-state index in [0.717, 1.165) is 22.9 Å². The van der Waals surface area contributed by atoms with Crippen molar-refractivity contribution in [3.63, 3.8) is 0 Å². The highest BCUT2D eigenvalue weighted by atomic mass is 32.2. The van der Waals surface area contributed by atoms with Gasteiger partial charge in [-0.3, -0.25) is 19.3 Å². The average Bonchev–Trinajstić information content (AvgIpc) is 3.06. The number of carbonyl (C=O) groups excluding carboxylic acids is 3. The second kappa shape index (κ2) is 15.4. The van der Waals surface area contributed by atoms with Crippen LogP contribution in [0.3, 0.4) is 0 Å². The molecule has 0 radical (unpaired) electrons. The average molecular weight is 608 g/mol. The van der Waals surface area contributed by atoms with Crippen LogP contribution in [0.15, 0.2) is 126 Å². The van der Waals surface area contributed by atoms with Gasteiger partial charge in [-0.25, -0.2) is 0 Å². The number of rotatable bonds is 11. The molecule has 0 unspecified atom stereocenters. The fraction of sp³-hybridized carbons (Fsp3) is 0.143. The van der Waals surface area contributed by atoms with Crippen LogP contribution in [0.2, 0.25) is 0 Å². The van der Waals surface area contributed by atoms with E-state index in [-0.39, 0.29) is 28.4 Å². The number of allylic oxidation sites excluding steroid dienone is 4. The fourth-order valence-electron chi connectivity index (χ4n) is 4.50. The van der Waals surface area contributed by atoms with Gasteiger partial charge in [0, 0.05) is 5.70 Å². The molecule has 8 nitrogen and oxygen atoms in total. The lowest BCUT2D eigenvalue weighted by Crippen LogP contribution is -2.42. The number of amidine groups is 1. The van der Waals surface area contributed by atoms with Gasteiger partial charge >= 0.3 is 0 Å². The van der Waals surface area contributed by atoms with E-state index >= 15 is 0 Å². The lowest BCUT2D eigenvalue weighted by molar-refractivity contribution is -0.126. The lowest BCUT2D eigenvalue weighted by atomic mass is 9.99. The molecule has 0 atom stereocenters. The zero-order valence-electron chi connectivity index (χ0n) is 24.7. The smallest absolute Gasteiger partial charge is 0.285 e.